The zero-order chi connectivity index (χ0) is 12.3. The minimum absolute atomic E-state index is 0.302. The van der Waals surface area contributed by atoms with Gasteiger partial charge in [-0.3, -0.25) is 0 Å². The molecule has 1 unspecified atom stereocenters. The Hall–Kier alpha value is -1.19. The zero-order valence-corrected chi connectivity index (χ0v) is 11.2. The fraction of sp³-hybridized carbons (Fsp3) is 0.231. The van der Waals surface area contributed by atoms with Gasteiger partial charge in [0.05, 0.1) is 16.8 Å². The molecule has 0 spiro atoms. The minimum Gasteiger partial charge on any atom is -0.399 e. The smallest absolute Gasteiger partial charge is 0.0658 e. The first kappa shape index (κ1) is 12.3. The second kappa shape index (κ2) is 5.43. The average Bonchev–Trinajstić information content (AvgIpc) is 2.81. The standard InChI is InChI=1S/C13H15ClN2S/c1-2-11(13-4-3-7-17-13)16-12-6-5-9(15)8-10(12)14/h3-8,11,16H,2,15H2,1H3. The van der Waals surface area contributed by atoms with Gasteiger partial charge in [-0.25, -0.2) is 0 Å². The molecule has 4 heteroatoms. The van der Waals surface area contributed by atoms with Gasteiger partial charge in [-0.2, -0.15) is 0 Å². The SMILES string of the molecule is CCC(Nc1ccc(N)cc1Cl)c1cccs1. The van der Waals surface area contributed by atoms with Crippen LogP contribution in [0.1, 0.15) is 24.3 Å². The molecule has 2 rings (SSSR count). The molecule has 1 aromatic carbocycles. The molecule has 0 bridgehead atoms. The number of nitrogen functional groups attached to an aromatic ring is 1. The van der Waals surface area contributed by atoms with Crippen molar-refractivity contribution in [1.82, 2.24) is 0 Å². The molecule has 0 saturated heterocycles. The van der Waals surface area contributed by atoms with Crippen molar-refractivity contribution in [2.75, 3.05) is 11.1 Å². The quantitative estimate of drug-likeness (QED) is 0.797. The average molecular weight is 267 g/mol. The van der Waals surface area contributed by atoms with E-state index in [4.69, 9.17) is 17.3 Å². The maximum Gasteiger partial charge on any atom is 0.0658 e. The predicted octanol–water partition coefficient (Wildman–Crippen LogP) is 4.55. The van der Waals surface area contributed by atoms with Gasteiger partial charge in [-0.05, 0) is 36.1 Å². The van der Waals surface area contributed by atoms with Crippen molar-refractivity contribution < 1.29 is 0 Å². The Bertz CT molecular complexity index is 482. The van der Waals surface area contributed by atoms with Crippen molar-refractivity contribution >= 4 is 34.3 Å². The summed E-state index contributed by atoms with van der Waals surface area (Å²) in [6.07, 6.45) is 1.02. The van der Waals surface area contributed by atoms with Gasteiger partial charge in [0.2, 0.25) is 0 Å². The monoisotopic (exact) mass is 266 g/mol. The van der Waals surface area contributed by atoms with Gasteiger partial charge >= 0.3 is 0 Å². The summed E-state index contributed by atoms with van der Waals surface area (Å²) in [5.41, 5.74) is 7.29. The normalized spacial score (nSPS) is 12.4. The van der Waals surface area contributed by atoms with Crippen LogP contribution >= 0.6 is 22.9 Å². The molecule has 0 fully saturated rings. The number of hydrogen-bond acceptors (Lipinski definition) is 3. The molecule has 0 aliphatic heterocycles. The molecular formula is C13H15ClN2S. The van der Waals surface area contributed by atoms with E-state index in [0.717, 1.165) is 12.1 Å². The Morgan fingerprint density at radius 2 is 2.24 bits per heavy atom. The summed E-state index contributed by atoms with van der Waals surface area (Å²) in [6.45, 7) is 2.16. The van der Waals surface area contributed by atoms with Crippen LogP contribution in [0.3, 0.4) is 0 Å². The molecule has 0 aliphatic carbocycles. The Morgan fingerprint density at radius 1 is 1.41 bits per heavy atom. The zero-order valence-electron chi connectivity index (χ0n) is 9.61. The second-order valence-electron chi connectivity index (χ2n) is 3.86. The van der Waals surface area contributed by atoms with Crippen LogP contribution in [0.25, 0.3) is 0 Å². The maximum atomic E-state index is 6.15. The van der Waals surface area contributed by atoms with Crippen LogP contribution in [0.15, 0.2) is 35.7 Å². The molecule has 0 amide bonds. The third-order valence-corrected chi connectivity index (χ3v) is 3.92. The van der Waals surface area contributed by atoms with Crippen molar-refractivity contribution in [2.24, 2.45) is 0 Å². The molecule has 2 aromatic rings. The Labute approximate surface area is 110 Å². The summed E-state index contributed by atoms with van der Waals surface area (Å²) in [6, 6.07) is 10.1. The third-order valence-electron chi connectivity index (χ3n) is 2.62. The van der Waals surface area contributed by atoms with Crippen molar-refractivity contribution in [3.63, 3.8) is 0 Å². The Balaban J connectivity index is 2.19. The molecule has 0 radical (unpaired) electrons. The summed E-state index contributed by atoms with van der Waals surface area (Å²) in [7, 11) is 0. The van der Waals surface area contributed by atoms with Crippen molar-refractivity contribution in [1.29, 1.82) is 0 Å². The lowest BCUT2D eigenvalue weighted by Gasteiger charge is -2.18. The highest BCUT2D eigenvalue weighted by atomic mass is 35.5. The second-order valence-corrected chi connectivity index (χ2v) is 5.25. The number of rotatable bonds is 4. The van der Waals surface area contributed by atoms with Gasteiger partial charge in [0.15, 0.2) is 0 Å². The van der Waals surface area contributed by atoms with Crippen LogP contribution in [-0.2, 0) is 0 Å². The van der Waals surface area contributed by atoms with Crippen LogP contribution < -0.4 is 11.1 Å². The highest BCUT2D eigenvalue weighted by Crippen LogP contribution is 2.30. The van der Waals surface area contributed by atoms with E-state index >= 15 is 0 Å². The summed E-state index contributed by atoms with van der Waals surface area (Å²) in [4.78, 5) is 1.32. The highest BCUT2D eigenvalue weighted by molar-refractivity contribution is 7.10. The molecule has 1 aromatic heterocycles. The van der Waals surface area contributed by atoms with Gasteiger partial charge in [0.25, 0.3) is 0 Å². The lowest BCUT2D eigenvalue weighted by molar-refractivity contribution is 0.764. The number of anilines is 2. The highest BCUT2D eigenvalue weighted by Gasteiger charge is 2.11. The van der Waals surface area contributed by atoms with Crippen LogP contribution in [0.2, 0.25) is 5.02 Å². The first-order valence-corrected chi connectivity index (χ1v) is 6.81. The fourth-order valence-electron chi connectivity index (χ4n) is 1.70. The molecule has 1 atom stereocenters. The number of thiophene rings is 1. The van der Waals surface area contributed by atoms with Crippen LogP contribution in [-0.4, -0.2) is 0 Å². The van der Waals surface area contributed by atoms with Crippen LogP contribution in [0, 0.1) is 0 Å². The van der Waals surface area contributed by atoms with Crippen molar-refractivity contribution in [3.8, 4) is 0 Å². The summed E-state index contributed by atoms with van der Waals surface area (Å²) >= 11 is 7.91. The van der Waals surface area contributed by atoms with E-state index in [2.05, 4.69) is 29.8 Å². The Morgan fingerprint density at radius 3 is 2.82 bits per heavy atom. The van der Waals surface area contributed by atoms with E-state index < -0.39 is 0 Å². The Kier molecular flexibility index (Phi) is 3.92. The van der Waals surface area contributed by atoms with Gasteiger partial charge in [-0.1, -0.05) is 24.6 Å². The van der Waals surface area contributed by atoms with E-state index in [-0.39, 0.29) is 0 Å². The van der Waals surface area contributed by atoms with Crippen LogP contribution in [0.5, 0.6) is 0 Å². The van der Waals surface area contributed by atoms with E-state index in [1.807, 2.05) is 12.1 Å². The summed E-state index contributed by atoms with van der Waals surface area (Å²) in [5, 5.41) is 6.20. The van der Waals surface area contributed by atoms with Gasteiger partial charge in [-0.15, -0.1) is 11.3 Å². The molecule has 0 aliphatic rings. The maximum absolute atomic E-state index is 6.15. The number of hydrogen-bond donors (Lipinski definition) is 2. The van der Waals surface area contributed by atoms with E-state index in [1.54, 1.807) is 17.4 Å². The first-order valence-electron chi connectivity index (χ1n) is 5.55. The van der Waals surface area contributed by atoms with Crippen LogP contribution in [0.4, 0.5) is 11.4 Å². The predicted molar refractivity (Wildman–Crippen MR) is 76.8 cm³/mol. The van der Waals surface area contributed by atoms with Crippen molar-refractivity contribution in [2.45, 2.75) is 19.4 Å². The number of benzene rings is 1. The lowest BCUT2D eigenvalue weighted by atomic mass is 10.1. The number of halogens is 1. The first-order chi connectivity index (χ1) is 8.20. The molecule has 90 valence electrons. The number of nitrogens with two attached hydrogens (primary N) is 1. The molecule has 1 heterocycles. The molecule has 17 heavy (non-hydrogen) atoms. The van der Waals surface area contributed by atoms with E-state index in [0.29, 0.717) is 16.8 Å². The largest absolute Gasteiger partial charge is 0.399 e. The van der Waals surface area contributed by atoms with E-state index in [9.17, 15) is 0 Å². The summed E-state index contributed by atoms with van der Waals surface area (Å²) in [5.74, 6) is 0. The summed E-state index contributed by atoms with van der Waals surface area (Å²) < 4.78 is 0. The molecule has 2 nitrogen and oxygen atoms in total. The fourth-order valence-corrected chi connectivity index (χ4v) is 2.80. The van der Waals surface area contributed by atoms with Crippen molar-refractivity contribution in [3.05, 3.63) is 45.6 Å². The van der Waals surface area contributed by atoms with Gasteiger partial charge in [0.1, 0.15) is 0 Å². The van der Waals surface area contributed by atoms with Gasteiger partial charge in [0, 0.05) is 10.6 Å². The minimum atomic E-state index is 0.302. The molecule has 3 N–H and O–H groups in total. The van der Waals surface area contributed by atoms with E-state index in [1.165, 1.54) is 4.88 Å². The van der Waals surface area contributed by atoms with Gasteiger partial charge < -0.3 is 11.1 Å². The topological polar surface area (TPSA) is 38.0 Å². The lowest BCUT2D eigenvalue weighted by Crippen LogP contribution is -2.08. The number of nitrogens with one attached hydrogen (secondary N) is 1. The molecule has 0 saturated carbocycles. The third kappa shape index (κ3) is 2.93. The molecular weight excluding hydrogens is 252 g/mol.